The quantitative estimate of drug-likeness (QED) is 0.507. The minimum Gasteiger partial charge on any atom is -0.355 e. The predicted molar refractivity (Wildman–Crippen MR) is 145 cm³/mol. The average molecular weight is 509 g/mol. The molecule has 1 saturated carbocycles. The Labute approximate surface area is 219 Å². The maximum atomic E-state index is 13.8. The van der Waals surface area contributed by atoms with Gasteiger partial charge in [0, 0.05) is 49.2 Å². The largest absolute Gasteiger partial charge is 0.355 e. The molecule has 1 aromatic carbocycles. The average Bonchev–Trinajstić information content (AvgIpc) is 3.62. The summed E-state index contributed by atoms with van der Waals surface area (Å²) in [6.45, 7) is 9.64. The third kappa shape index (κ3) is 5.38. The number of nitrogens with one attached hydrogen (secondary N) is 1. The van der Waals surface area contributed by atoms with Gasteiger partial charge in [0.2, 0.25) is 5.91 Å². The van der Waals surface area contributed by atoms with Crippen molar-refractivity contribution in [2.75, 3.05) is 45.8 Å². The first kappa shape index (κ1) is 25.4. The first-order valence-corrected chi connectivity index (χ1v) is 14.7. The Morgan fingerprint density at radius 1 is 1.00 bits per heavy atom. The molecule has 1 aliphatic carbocycles. The second kappa shape index (κ2) is 11.9. The number of hydrogen-bond donors (Lipinski definition) is 1. The van der Waals surface area contributed by atoms with E-state index in [2.05, 4.69) is 38.4 Å². The number of rotatable bonds is 9. The van der Waals surface area contributed by atoms with E-state index in [4.69, 9.17) is 0 Å². The lowest BCUT2D eigenvalue weighted by Gasteiger charge is -2.44. The van der Waals surface area contributed by atoms with Crippen molar-refractivity contribution in [1.82, 2.24) is 20.0 Å². The Kier molecular flexibility index (Phi) is 8.40. The Bertz CT molecular complexity index is 1010. The van der Waals surface area contributed by atoms with Crippen LogP contribution in [-0.2, 0) is 4.79 Å². The second-order valence-electron chi connectivity index (χ2n) is 10.5. The molecule has 194 valence electrons. The first-order valence-electron chi connectivity index (χ1n) is 13.8. The molecule has 0 spiro atoms. The van der Waals surface area contributed by atoms with Gasteiger partial charge < -0.3 is 20.0 Å². The molecule has 36 heavy (non-hydrogen) atoms. The topological polar surface area (TPSA) is 55.9 Å². The Morgan fingerprint density at radius 3 is 2.42 bits per heavy atom. The smallest absolute Gasteiger partial charge is 0.254 e. The summed E-state index contributed by atoms with van der Waals surface area (Å²) in [5, 5.41) is 5.33. The number of thiophene rings is 1. The molecular formula is C29H40N4O2S. The number of amides is 2. The van der Waals surface area contributed by atoms with Gasteiger partial charge in [0.15, 0.2) is 0 Å². The molecule has 1 N–H and O–H groups in total. The van der Waals surface area contributed by atoms with Crippen LogP contribution in [0.3, 0.4) is 0 Å². The van der Waals surface area contributed by atoms with E-state index in [1.165, 1.54) is 13.0 Å². The molecule has 2 atom stereocenters. The normalized spacial score (nSPS) is 23.7. The summed E-state index contributed by atoms with van der Waals surface area (Å²) in [5.41, 5.74) is 1.57. The third-order valence-electron chi connectivity index (χ3n) is 8.17. The monoisotopic (exact) mass is 508 g/mol. The van der Waals surface area contributed by atoms with Crippen LogP contribution in [0.2, 0.25) is 0 Å². The molecule has 2 aromatic rings. The number of benzene rings is 1. The van der Waals surface area contributed by atoms with Gasteiger partial charge in [-0.2, -0.15) is 0 Å². The highest BCUT2D eigenvalue weighted by Gasteiger charge is 2.47. The molecule has 6 nitrogen and oxygen atoms in total. The summed E-state index contributed by atoms with van der Waals surface area (Å²) in [5.74, 6) is -0.248. The fourth-order valence-corrected chi connectivity index (χ4v) is 7.22. The molecule has 7 heteroatoms. The fourth-order valence-electron chi connectivity index (χ4n) is 6.36. The van der Waals surface area contributed by atoms with Crippen LogP contribution in [0, 0.1) is 0 Å². The highest BCUT2D eigenvalue weighted by Crippen LogP contribution is 2.47. The van der Waals surface area contributed by atoms with E-state index in [0.717, 1.165) is 75.3 Å². The number of nitrogens with zero attached hydrogens (tertiary/aromatic N) is 3. The van der Waals surface area contributed by atoms with Gasteiger partial charge in [-0.15, -0.1) is 11.3 Å². The predicted octanol–water partition coefficient (Wildman–Crippen LogP) is 4.51. The molecule has 0 unspecified atom stereocenters. The van der Waals surface area contributed by atoms with E-state index in [1.54, 1.807) is 11.3 Å². The van der Waals surface area contributed by atoms with Crippen molar-refractivity contribution >= 4 is 23.2 Å². The van der Waals surface area contributed by atoms with E-state index in [-0.39, 0.29) is 29.8 Å². The molecule has 0 bridgehead atoms. The number of piperazine rings is 1. The van der Waals surface area contributed by atoms with Crippen molar-refractivity contribution in [3.05, 3.63) is 57.8 Å². The second-order valence-corrected chi connectivity index (χ2v) is 11.5. The van der Waals surface area contributed by atoms with Crippen molar-refractivity contribution in [3.63, 3.8) is 0 Å². The zero-order valence-electron chi connectivity index (χ0n) is 21.5. The minimum absolute atomic E-state index is 0.0455. The van der Waals surface area contributed by atoms with E-state index in [1.807, 2.05) is 30.3 Å². The number of carbonyl (C=O) groups excluding carboxylic acids is 2. The van der Waals surface area contributed by atoms with Gasteiger partial charge >= 0.3 is 0 Å². The molecular weight excluding hydrogens is 468 g/mol. The summed E-state index contributed by atoms with van der Waals surface area (Å²) in [4.78, 5) is 35.8. The minimum atomic E-state index is -0.379. The standard InChI is InChI=1S/C29H40N4O2S/c1-2-15-31-17-19-32(20-18-31)16-8-14-30-28(34)26-23-11-5-6-12-24(23)29(35)33(22-9-3-4-10-22)27(26)25-13-7-21-36-25/h5-7,11-13,21-22,26-27H,2-4,8-10,14-20H2,1H3,(H,30,34)/t26-,27+/m0/s1. The molecule has 2 amide bonds. The zero-order chi connectivity index (χ0) is 24.9. The maximum absolute atomic E-state index is 13.8. The Hall–Kier alpha value is -2.22. The van der Waals surface area contributed by atoms with Crippen LogP contribution < -0.4 is 5.32 Å². The summed E-state index contributed by atoms with van der Waals surface area (Å²) in [7, 11) is 0. The van der Waals surface area contributed by atoms with Gasteiger partial charge in [-0.05, 0) is 61.8 Å². The highest BCUT2D eigenvalue weighted by atomic mass is 32.1. The van der Waals surface area contributed by atoms with Gasteiger partial charge in [0.05, 0.1) is 12.0 Å². The van der Waals surface area contributed by atoms with Crippen LogP contribution >= 0.6 is 11.3 Å². The van der Waals surface area contributed by atoms with Crippen molar-refractivity contribution < 1.29 is 9.59 Å². The highest BCUT2D eigenvalue weighted by molar-refractivity contribution is 7.10. The summed E-state index contributed by atoms with van der Waals surface area (Å²) < 4.78 is 0. The van der Waals surface area contributed by atoms with Gasteiger partial charge in [-0.25, -0.2) is 0 Å². The van der Waals surface area contributed by atoms with E-state index in [0.29, 0.717) is 12.1 Å². The fraction of sp³-hybridized carbons (Fsp3) is 0.586. The SMILES string of the molecule is CCCN1CCN(CCCNC(=O)[C@H]2c3ccccc3C(=O)N(C3CCCC3)[C@@H]2c2cccs2)CC1. The molecule has 3 aliphatic rings. The van der Waals surface area contributed by atoms with E-state index < -0.39 is 0 Å². The van der Waals surface area contributed by atoms with Gasteiger partial charge in [-0.3, -0.25) is 9.59 Å². The van der Waals surface area contributed by atoms with Crippen LogP contribution in [-0.4, -0.2) is 78.4 Å². The number of fused-ring (bicyclic) bond motifs is 1. The summed E-state index contributed by atoms with van der Waals surface area (Å²) in [6.07, 6.45) is 6.51. The van der Waals surface area contributed by atoms with Crippen molar-refractivity contribution in [1.29, 1.82) is 0 Å². The first-order chi connectivity index (χ1) is 17.7. The molecule has 1 saturated heterocycles. The Morgan fingerprint density at radius 2 is 1.72 bits per heavy atom. The third-order valence-corrected chi connectivity index (χ3v) is 9.11. The van der Waals surface area contributed by atoms with Crippen molar-refractivity contribution in [2.24, 2.45) is 0 Å². The lowest BCUT2D eigenvalue weighted by Crippen LogP contribution is -2.51. The van der Waals surface area contributed by atoms with Crippen molar-refractivity contribution in [3.8, 4) is 0 Å². The lowest BCUT2D eigenvalue weighted by molar-refractivity contribution is -0.124. The summed E-state index contributed by atoms with van der Waals surface area (Å²) in [6, 6.07) is 11.9. The summed E-state index contributed by atoms with van der Waals surface area (Å²) >= 11 is 1.66. The van der Waals surface area contributed by atoms with Crippen LogP contribution in [0.1, 0.15) is 78.2 Å². The van der Waals surface area contributed by atoms with Gasteiger partial charge in [-0.1, -0.05) is 44.0 Å². The molecule has 2 fully saturated rings. The van der Waals surface area contributed by atoms with Crippen LogP contribution in [0.25, 0.3) is 0 Å². The van der Waals surface area contributed by atoms with Crippen LogP contribution in [0.15, 0.2) is 41.8 Å². The Balaban J connectivity index is 1.29. The lowest BCUT2D eigenvalue weighted by atomic mass is 9.80. The molecule has 1 aromatic heterocycles. The molecule has 2 aliphatic heterocycles. The molecule has 5 rings (SSSR count). The van der Waals surface area contributed by atoms with Crippen molar-refractivity contribution in [2.45, 2.75) is 63.5 Å². The van der Waals surface area contributed by atoms with E-state index in [9.17, 15) is 9.59 Å². The van der Waals surface area contributed by atoms with E-state index >= 15 is 0 Å². The maximum Gasteiger partial charge on any atom is 0.254 e. The molecule has 0 radical (unpaired) electrons. The van der Waals surface area contributed by atoms with Gasteiger partial charge in [0.25, 0.3) is 5.91 Å². The van der Waals surface area contributed by atoms with Gasteiger partial charge in [0.1, 0.15) is 0 Å². The number of hydrogen-bond acceptors (Lipinski definition) is 5. The number of carbonyl (C=O) groups is 2. The zero-order valence-corrected chi connectivity index (χ0v) is 22.3. The van der Waals surface area contributed by atoms with Crippen LogP contribution in [0.4, 0.5) is 0 Å². The van der Waals surface area contributed by atoms with Crippen LogP contribution in [0.5, 0.6) is 0 Å². The molecule has 3 heterocycles.